The number of hydrogen-bond donors (Lipinski definition) is 1. The lowest BCUT2D eigenvalue weighted by Gasteiger charge is -2.18. The Morgan fingerprint density at radius 3 is 2.32 bits per heavy atom. The van der Waals surface area contributed by atoms with E-state index >= 15 is 0 Å². The van der Waals surface area contributed by atoms with Crippen LogP contribution in [0.2, 0.25) is 5.02 Å². The Bertz CT molecular complexity index is 744. The van der Waals surface area contributed by atoms with E-state index in [1.165, 1.54) is 24.4 Å². The van der Waals surface area contributed by atoms with Crippen molar-refractivity contribution in [3.63, 3.8) is 0 Å². The summed E-state index contributed by atoms with van der Waals surface area (Å²) in [5, 5.41) is 2.46. The molecule has 8 heteroatoms. The monoisotopic (exact) mass is 371 g/mol. The van der Waals surface area contributed by atoms with Gasteiger partial charge in [-0.25, -0.2) is 4.98 Å². The second-order valence-electron chi connectivity index (χ2n) is 5.23. The SMILES string of the molecule is CCN(CC)C(=O)c1ccc(Nc2ccc(Cl)c(C(F)(F)F)c2)cn1. The van der Waals surface area contributed by atoms with Crippen LogP contribution in [0.4, 0.5) is 24.5 Å². The smallest absolute Gasteiger partial charge is 0.354 e. The van der Waals surface area contributed by atoms with Crippen molar-refractivity contribution >= 4 is 28.9 Å². The highest BCUT2D eigenvalue weighted by Crippen LogP contribution is 2.36. The van der Waals surface area contributed by atoms with Crippen LogP contribution in [0, 0.1) is 0 Å². The lowest BCUT2D eigenvalue weighted by Crippen LogP contribution is -2.31. The van der Waals surface area contributed by atoms with Gasteiger partial charge in [0.1, 0.15) is 5.69 Å². The fraction of sp³-hybridized carbons (Fsp3) is 0.294. The minimum absolute atomic E-state index is 0.192. The van der Waals surface area contributed by atoms with Crippen molar-refractivity contribution < 1.29 is 18.0 Å². The molecule has 1 aromatic carbocycles. The molecule has 2 rings (SSSR count). The second kappa shape index (κ2) is 7.74. The lowest BCUT2D eigenvalue weighted by atomic mass is 10.2. The zero-order valence-corrected chi connectivity index (χ0v) is 14.4. The number of aromatic nitrogens is 1. The van der Waals surface area contributed by atoms with Crippen molar-refractivity contribution in [3.05, 3.63) is 52.8 Å². The van der Waals surface area contributed by atoms with Crippen LogP contribution in [0.25, 0.3) is 0 Å². The third-order valence-electron chi connectivity index (χ3n) is 3.59. The van der Waals surface area contributed by atoms with E-state index in [4.69, 9.17) is 11.6 Å². The number of halogens is 4. The molecule has 0 bridgehead atoms. The number of alkyl halides is 3. The Kier molecular flexibility index (Phi) is 5.89. The first-order valence-corrected chi connectivity index (χ1v) is 8.03. The topological polar surface area (TPSA) is 45.2 Å². The summed E-state index contributed by atoms with van der Waals surface area (Å²) < 4.78 is 38.7. The summed E-state index contributed by atoms with van der Waals surface area (Å²) in [6.45, 7) is 4.89. The normalized spacial score (nSPS) is 11.3. The Morgan fingerprint density at radius 1 is 1.16 bits per heavy atom. The molecule has 0 saturated heterocycles. The Morgan fingerprint density at radius 2 is 1.80 bits per heavy atom. The number of nitrogens with one attached hydrogen (secondary N) is 1. The van der Waals surface area contributed by atoms with Crippen LogP contribution in [0.15, 0.2) is 36.5 Å². The Hall–Kier alpha value is -2.28. The first-order valence-electron chi connectivity index (χ1n) is 7.65. The van der Waals surface area contributed by atoms with E-state index in [2.05, 4.69) is 10.3 Å². The van der Waals surface area contributed by atoms with Crippen LogP contribution >= 0.6 is 11.6 Å². The van der Waals surface area contributed by atoms with Gasteiger partial charge in [-0.2, -0.15) is 13.2 Å². The molecule has 25 heavy (non-hydrogen) atoms. The van der Waals surface area contributed by atoms with E-state index in [1.54, 1.807) is 11.0 Å². The number of carbonyl (C=O) groups excluding carboxylic acids is 1. The van der Waals surface area contributed by atoms with Gasteiger partial charge in [0.25, 0.3) is 5.91 Å². The van der Waals surface area contributed by atoms with Gasteiger partial charge in [0.15, 0.2) is 0 Å². The van der Waals surface area contributed by atoms with Crippen molar-refractivity contribution in [1.82, 2.24) is 9.88 Å². The van der Waals surface area contributed by atoms with Crippen LogP contribution in [-0.2, 0) is 6.18 Å². The molecule has 1 N–H and O–H groups in total. The standard InChI is InChI=1S/C17H17ClF3N3O/c1-3-24(4-2)16(25)15-8-6-12(10-22-15)23-11-5-7-14(18)13(9-11)17(19,20)21/h5-10,23H,3-4H2,1-2H3. The molecular weight excluding hydrogens is 355 g/mol. The second-order valence-corrected chi connectivity index (χ2v) is 5.63. The van der Waals surface area contributed by atoms with Gasteiger partial charge in [-0.15, -0.1) is 0 Å². The van der Waals surface area contributed by atoms with E-state index in [1.807, 2.05) is 13.8 Å². The number of anilines is 2. The van der Waals surface area contributed by atoms with Crippen molar-refractivity contribution in [2.75, 3.05) is 18.4 Å². The summed E-state index contributed by atoms with van der Waals surface area (Å²) in [7, 11) is 0. The third kappa shape index (κ3) is 4.63. The van der Waals surface area contributed by atoms with Crippen LogP contribution < -0.4 is 5.32 Å². The maximum Gasteiger partial charge on any atom is 0.417 e. The van der Waals surface area contributed by atoms with E-state index in [0.29, 0.717) is 18.8 Å². The average molecular weight is 372 g/mol. The van der Waals surface area contributed by atoms with Crippen molar-refractivity contribution in [2.45, 2.75) is 20.0 Å². The van der Waals surface area contributed by atoms with Crippen LogP contribution in [0.3, 0.4) is 0 Å². The average Bonchev–Trinajstić information content (AvgIpc) is 2.57. The number of hydrogen-bond acceptors (Lipinski definition) is 3. The molecule has 0 fully saturated rings. The van der Waals surface area contributed by atoms with E-state index in [-0.39, 0.29) is 22.3 Å². The molecule has 0 spiro atoms. The van der Waals surface area contributed by atoms with Gasteiger partial charge in [-0.1, -0.05) is 11.6 Å². The zero-order valence-electron chi connectivity index (χ0n) is 13.7. The summed E-state index contributed by atoms with van der Waals surface area (Å²) in [5.74, 6) is -0.192. The molecule has 134 valence electrons. The maximum absolute atomic E-state index is 12.9. The predicted molar refractivity (Wildman–Crippen MR) is 91.2 cm³/mol. The third-order valence-corrected chi connectivity index (χ3v) is 3.92. The molecule has 0 atom stereocenters. The highest BCUT2D eigenvalue weighted by atomic mass is 35.5. The minimum atomic E-state index is -4.53. The summed E-state index contributed by atoms with van der Waals surface area (Å²) in [6.07, 6.45) is -3.13. The molecule has 0 saturated carbocycles. The molecular formula is C17H17ClF3N3O. The van der Waals surface area contributed by atoms with E-state index < -0.39 is 11.7 Å². The summed E-state index contributed by atoms with van der Waals surface area (Å²) in [4.78, 5) is 17.9. The molecule has 1 amide bonds. The van der Waals surface area contributed by atoms with Gasteiger partial charge < -0.3 is 10.2 Å². The number of pyridine rings is 1. The van der Waals surface area contributed by atoms with E-state index in [0.717, 1.165) is 6.07 Å². The molecule has 1 heterocycles. The van der Waals surface area contributed by atoms with Gasteiger partial charge in [0.2, 0.25) is 0 Å². The summed E-state index contributed by atoms with van der Waals surface area (Å²) >= 11 is 5.59. The fourth-order valence-electron chi connectivity index (χ4n) is 2.25. The number of rotatable bonds is 5. The molecule has 0 aliphatic heterocycles. The molecule has 2 aromatic rings. The van der Waals surface area contributed by atoms with Crippen molar-refractivity contribution in [3.8, 4) is 0 Å². The highest BCUT2D eigenvalue weighted by Gasteiger charge is 2.33. The van der Waals surface area contributed by atoms with E-state index in [9.17, 15) is 18.0 Å². The highest BCUT2D eigenvalue weighted by molar-refractivity contribution is 6.31. The molecule has 0 radical (unpaired) electrons. The van der Waals surface area contributed by atoms with Crippen molar-refractivity contribution in [1.29, 1.82) is 0 Å². The van der Waals surface area contributed by atoms with Gasteiger partial charge in [-0.05, 0) is 44.2 Å². The molecule has 0 aliphatic rings. The van der Waals surface area contributed by atoms with Gasteiger partial charge in [0, 0.05) is 18.8 Å². The van der Waals surface area contributed by atoms with Crippen LogP contribution in [-0.4, -0.2) is 28.9 Å². The molecule has 4 nitrogen and oxygen atoms in total. The van der Waals surface area contributed by atoms with Crippen LogP contribution in [0.5, 0.6) is 0 Å². The zero-order chi connectivity index (χ0) is 18.6. The minimum Gasteiger partial charge on any atom is -0.354 e. The van der Waals surface area contributed by atoms with Gasteiger partial charge in [0.05, 0.1) is 22.5 Å². The molecule has 0 unspecified atom stereocenters. The maximum atomic E-state index is 12.9. The molecule has 0 aliphatic carbocycles. The number of benzene rings is 1. The summed E-state index contributed by atoms with van der Waals surface area (Å²) in [5.41, 5.74) is 0.0506. The number of carbonyl (C=O) groups is 1. The summed E-state index contributed by atoms with van der Waals surface area (Å²) in [6, 6.07) is 6.66. The number of amides is 1. The Balaban J connectivity index is 2.18. The molecule has 1 aromatic heterocycles. The van der Waals surface area contributed by atoms with Gasteiger partial charge >= 0.3 is 6.18 Å². The van der Waals surface area contributed by atoms with Crippen LogP contribution in [0.1, 0.15) is 29.9 Å². The Labute approximate surface area is 148 Å². The van der Waals surface area contributed by atoms with Crippen molar-refractivity contribution in [2.24, 2.45) is 0 Å². The first kappa shape index (κ1) is 19.1. The fourth-order valence-corrected chi connectivity index (χ4v) is 2.48. The largest absolute Gasteiger partial charge is 0.417 e. The van der Waals surface area contributed by atoms with Gasteiger partial charge in [-0.3, -0.25) is 4.79 Å². The predicted octanol–water partition coefficient (Wildman–Crippen LogP) is 4.98. The quantitative estimate of drug-likeness (QED) is 0.806. The first-order chi connectivity index (χ1) is 11.8. The lowest BCUT2D eigenvalue weighted by molar-refractivity contribution is -0.137. The number of nitrogens with zero attached hydrogens (tertiary/aromatic N) is 2.